The Balaban J connectivity index is 0.994. The molecule has 2 heterocycles. The molecule has 62 heavy (non-hydrogen) atoms. The molecule has 9 aromatic rings. The van der Waals surface area contributed by atoms with Crippen molar-refractivity contribution < 1.29 is 9.15 Å². The van der Waals surface area contributed by atoms with E-state index in [0.717, 1.165) is 89.8 Å². The third-order valence-electron chi connectivity index (χ3n) is 11.5. The van der Waals surface area contributed by atoms with Crippen LogP contribution in [0.3, 0.4) is 0 Å². The Kier molecular flexibility index (Phi) is 9.91. The molecule has 298 valence electrons. The van der Waals surface area contributed by atoms with E-state index in [1.807, 2.05) is 37.3 Å². The number of ether oxygens (including phenoxy) is 1. The second-order valence-electron chi connectivity index (χ2n) is 15.6. The number of anilines is 6. The lowest BCUT2D eigenvalue weighted by molar-refractivity contribution is 0.441. The van der Waals surface area contributed by atoms with Crippen molar-refractivity contribution in [1.82, 2.24) is 0 Å². The number of hydrogen-bond donors (Lipinski definition) is 0. The van der Waals surface area contributed by atoms with E-state index in [4.69, 9.17) is 9.15 Å². The van der Waals surface area contributed by atoms with Gasteiger partial charge in [0, 0.05) is 63.3 Å². The Bertz CT molecular complexity index is 3170. The van der Waals surface area contributed by atoms with Crippen molar-refractivity contribution in [2.45, 2.75) is 13.8 Å². The van der Waals surface area contributed by atoms with Crippen molar-refractivity contribution in [3.05, 3.63) is 240 Å². The Morgan fingerprint density at radius 3 is 1.31 bits per heavy atom. The van der Waals surface area contributed by atoms with Crippen LogP contribution in [0.4, 0.5) is 34.1 Å². The van der Waals surface area contributed by atoms with Gasteiger partial charge in [0.15, 0.2) is 0 Å². The van der Waals surface area contributed by atoms with Crippen LogP contribution < -0.4 is 20.2 Å². The number of nitrogens with zero attached hydrogens (tertiary/aromatic N) is 2. The highest BCUT2D eigenvalue weighted by Crippen LogP contribution is 2.43. The Morgan fingerprint density at radius 2 is 0.839 bits per heavy atom. The van der Waals surface area contributed by atoms with Gasteiger partial charge in [-0.05, 0) is 137 Å². The summed E-state index contributed by atoms with van der Waals surface area (Å²) in [6.07, 6.45) is 1.97. The molecule has 0 atom stereocenters. The third-order valence-corrected chi connectivity index (χ3v) is 11.5. The van der Waals surface area contributed by atoms with Gasteiger partial charge in [-0.15, -0.1) is 0 Å². The smallest absolute Gasteiger partial charge is 0.336 e. The SMILES string of the molecule is C=C1C=C(C)c2ccc(N(c3ccc(-c4ccccc4)cc3)c3ccc(-c4ccc(N(c5ccc(-c6ccccc6)cc5)c5ccc6c(C)cc(=O)oc6c5)cc4)cc3)cc2O1. The summed E-state index contributed by atoms with van der Waals surface area (Å²) < 4.78 is 11.8. The molecular weight excluding hydrogens is 761 g/mol. The van der Waals surface area contributed by atoms with Crippen molar-refractivity contribution in [3.8, 4) is 39.1 Å². The summed E-state index contributed by atoms with van der Waals surface area (Å²) in [5, 5.41) is 0.910. The number of benzene rings is 8. The van der Waals surface area contributed by atoms with E-state index in [1.165, 1.54) is 11.6 Å². The molecule has 0 radical (unpaired) electrons. The average Bonchev–Trinajstić information content (AvgIpc) is 3.30. The zero-order valence-electron chi connectivity index (χ0n) is 34.5. The lowest BCUT2D eigenvalue weighted by atomic mass is 10.0. The molecule has 1 aromatic heterocycles. The van der Waals surface area contributed by atoms with Crippen LogP contribution in [0.5, 0.6) is 5.75 Å². The van der Waals surface area contributed by atoms with Gasteiger partial charge in [0.1, 0.15) is 17.1 Å². The van der Waals surface area contributed by atoms with Crippen molar-refractivity contribution in [2.75, 3.05) is 9.80 Å². The normalized spacial score (nSPS) is 12.0. The second-order valence-corrected chi connectivity index (χ2v) is 15.6. The minimum absolute atomic E-state index is 0.360. The molecule has 5 heteroatoms. The quantitative estimate of drug-likeness (QED) is 0.136. The van der Waals surface area contributed by atoms with Crippen molar-refractivity contribution in [1.29, 1.82) is 0 Å². The van der Waals surface area contributed by atoms with Crippen LogP contribution in [-0.4, -0.2) is 0 Å². The second kappa shape index (κ2) is 16.1. The van der Waals surface area contributed by atoms with Crippen molar-refractivity contribution in [2.24, 2.45) is 0 Å². The molecule has 1 aliphatic rings. The Labute approximate surface area is 361 Å². The third kappa shape index (κ3) is 7.48. The van der Waals surface area contributed by atoms with Gasteiger partial charge in [0.05, 0.1) is 0 Å². The zero-order valence-corrected chi connectivity index (χ0v) is 34.5. The molecule has 5 nitrogen and oxygen atoms in total. The molecular formula is C57H42N2O3. The van der Waals surface area contributed by atoms with Gasteiger partial charge in [-0.2, -0.15) is 0 Å². The number of hydrogen-bond acceptors (Lipinski definition) is 5. The van der Waals surface area contributed by atoms with E-state index in [0.29, 0.717) is 11.3 Å². The van der Waals surface area contributed by atoms with E-state index in [9.17, 15) is 4.79 Å². The highest BCUT2D eigenvalue weighted by Gasteiger charge is 2.20. The van der Waals surface area contributed by atoms with Gasteiger partial charge in [0.2, 0.25) is 0 Å². The standard InChI is InChI=1S/C57H42N2O3/c1-38-34-40(3)61-55-36-51(30-32-53(38)55)58(47-22-14-43(15-23-47)41-10-6-4-7-11-41)49-26-18-45(19-27-49)46-20-28-50(29-21-46)59(48-24-16-44(17-25-48)42-12-8-5-9-13-42)52-31-33-54-39(2)35-57(60)62-56(54)37-52/h4-37H,3H2,1-2H3. The van der Waals surface area contributed by atoms with Gasteiger partial charge in [0.25, 0.3) is 0 Å². The van der Waals surface area contributed by atoms with Crippen molar-refractivity contribution >= 4 is 50.7 Å². The van der Waals surface area contributed by atoms with Crippen LogP contribution in [0.1, 0.15) is 18.1 Å². The first-order chi connectivity index (χ1) is 30.3. The summed E-state index contributed by atoms with van der Waals surface area (Å²) >= 11 is 0. The van der Waals surface area contributed by atoms with Crippen LogP contribution in [-0.2, 0) is 0 Å². The molecule has 0 aliphatic carbocycles. The maximum absolute atomic E-state index is 12.4. The lowest BCUT2D eigenvalue weighted by Gasteiger charge is -2.28. The molecule has 0 N–H and O–H groups in total. The number of rotatable bonds is 9. The largest absolute Gasteiger partial charge is 0.457 e. The van der Waals surface area contributed by atoms with E-state index < -0.39 is 0 Å². The summed E-state index contributed by atoms with van der Waals surface area (Å²) in [5.41, 5.74) is 15.9. The fraction of sp³-hybridized carbons (Fsp3) is 0.0351. The lowest BCUT2D eigenvalue weighted by Crippen LogP contribution is -2.11. The molecule has 0 bridgehead atoms. The first-order valence-corrected chi connectivity index (χ1v) is 20.7. The van der Waals surface area contributed by atoms with E-state index in [1.54, 1.807) is 0 Å². The summed E-state index contributed by atoms with van der Waals surface area (Å²) in [5.74, 6) is 1.42. The summed E-state index contributed by atoms with van der Waals surface area (Å²) in [7, 11) is 0. The van der Waals surface area contributed by atoms with Crippen LogP contribution in [0, 0.1) is 6.92 Å². The van der Waals surface area contributed by atoms with Gasteiger partial charge in [-0.1, -0.05) is 116 Å². The highest BCUT2D eigenvalue weighted by molar-refractivity contribution is 5.89. The maximum atomic E-state index is 12.4. The van der Waals surface area contributed by atoms with Gasteiger partial charge in [-0.25, -0.2) is 4.79 Å². The molecule has 1 aliphatic heterocycles. The monoisotopic (exact) mass is 802 g/mol. The van der Waals surface area contributed by atoms with Crippen LogP contribution >= 0.6 is 0 Å². The molecule has 0 fully saturated rings. The minimum Gasteiger partial charge on any atom is -0.457 e. The summed E-state index contributed by atoms with van der Waals surface area (Å²) in [6.45, 7) is 8.10. The van der Waals surface area contributed by atoms with E-state index in [2.05, 4.69) is 193 Å². The van der Waals surface area contributed by atoms with E-state index >= 15 is 0 Å². The number of aryl methyl sites for hydroxylation is 1. The summed E-state index contributed by atoms with van der Waals surface area (Å²) in [4.78, 5) is 16.9. The van der Waals surface area contributed by atoms with Gasteiger partial charge >= 0.3 is 5.63 Å². The predicted octanol–water partition coefficient (Wildman–Crippen LogP) is 15.4. The number of allylic oxidation sites excluding steroid dienone is 2. The molecule has 8 aromatic carbocycles. The number of fused-ring (bicyclic) bond motifs is 2. The van der Waals surface area contributed by atoms with Gasteiger partial charge in [-0.3, -0.25) is 0 Å². The first kappa shape index (κ1) is 38.1. The van der Waals surface area contributed by atoms with Crippen molar-refractivity contribution in [3.63, 3.8) is 0 Å². The minimum atomic E-state index is -0.360. The molecule has 0 saturated heterocycles. The zero-order chi connectivity index (χ0) is 42.2. The van der Waals surface area contributed by atoms with E-state index in [-0.39, 0.29) is 5.63 Å². The predicted molar refractivity (Wildman–Crippen MR) is 256 cm³/mol. The molecule has 0 saturated carbocycles. The fourth-order valence-corrected chi connectivity index (χ4v) is 8.37. The molecule has 10 rings (SSSR count). The van der Waals surface area contributed by atoms with Crippen LogP contribution in [0.25, 0.3) is 49.9 Å². The fourth-order valence-electron chi connectivity index (χ4n) is 8.37. The topological polar surface area (TPSA) is 45.9 Å². The van der Waals surface area contributed by atoms with Gasteiger partial charge < -0.3 is 19.0 Å². The summed E-state index contributed by atoms with van der Waals surface area (Å²) in [6, 6.07) is 69.3. The first-order valence-electron chi connectivity index (χ1n) is 20.7. The Morgan fingerprint density at radius 1 is 0.435 bits per heavy atom. The maximum Gasteiger partial charge on any atom is 0.336 e. The molecule has 0 unspecified atom stereocenters. The molecule has 0 spiro atoms. The average molecular weight is 803 g/mol. The van der Waals surface area contributed by atoms with Crippen LogP contribution in [0.2, 0.25) is 0 Å². The van der Waals surface area contributed by atoms with Crippen LogP contribution in [0.15, 0.2) is 228 Å². The molecule has 0 amide bonds. The highest BCUT2D eigenvalue weighted by atomic mass is 16.5. The Hall–Kier alpha value is -8.15.